The number of halogens is 1. The summed E-state index contributed by atoms with van der Waals surface area (Å²) >= 11 is 3.14. The molecule has 0 amide bonds. The summed E-state index contributed by atoms with van der Waals surface area (Å²) in [5, 5.41) is 39.7. The lowest BCUT2D eigenvalue weighted by Gasteiger charge is -2.17. The molecule has 1 aromatic rings. The van der Waals surface area contributed by atoms with Crippen molar-refractivity contribution in [1.82, 2.24) is 0 Å². The van der Waals surface area contributed by atoms with E-state index in [1.807, 2.05) is 0 Å². The highest BCUT2D eigenvalue weighted by atomic mass is 79.9. The largest absolute Gasteiger partial charge is 0.391 e. The summed E-state index contributed by atoms with van der Waals surface area (Å²) < 4.78 is 0. The predicted octanol–water partition coefficient (Wildman–Crippen LogP) is 1.27. The van der Waals surface area contributed by atoms with Gasteiger partial charge in [-0.3, -0.25) is 10.1 Å². The first-order valence-corrected chi connectivity index (χ1v) is 6.43. The Hall–Kier alpha value is -1.02. The average molecular weight is 320 g/mol. The monoisotopic (exact) mass is 319 g/mol. The minimum Gasteiger partial charge on any atom is -0.391 e. The van der Waals surface area contributed by atoms with Gasteiger partial charge in [0, 0.05) is 11.4 Å². The molecule has 1 rings (SSSR count). The zero-order chi connectivity index (χ0) is 13.7. The van der Waals surface area contributed by atoms with Crippen LogP contribution in [0.2, 0.25) is 0 Å². The molecule has 7 heteroatoms. The molecular weight excluding hydrogens is 306 g/mol. The van der Waals surface area contributed by atoms with Crippen LogP contribution in [0.5, 0.6) is 0 Å². The van der Waals surface area contributed by atoms with Crippen molar-refractivity contribution in [3.8, 4) is 0 Å². The molecule has 2 unspecified atom stereocenters. The Bertz CT molecular complexity index is 426. The van der Waals surface area contributed by atoms with Crippen molar-refractivity contribution < 1.29 is 20.2 Å². The second-order valence-electron chi connectivity index (χ2n) is 3.79. The van der Waals surface area contributed by atoms with Crippen LogP contribution in [0.1, 0.15) is 23.7 Å². The van der Waals surface area contributed by atoms with Crippen LogP contribution in [0.25, 0.3) is 0 Å². The van der Waals surface area contributed by atoms with Crippen LogP contribution < -0.4 is 0 Å². The fourth-order valence-electron chi connectivity index (χ4n) is 1.56. The maximum atomic E-state index is 10.8. The second-order valence-corrected chi connectivity index (χ2v) is 4.59. The summed E-state index contributed by atoms with van der Waals surface area (Å²) in [5.74, 6) is 0. The van der Waals surface area contributed by atoms with Crippen LogP contribution in [0, 0.1) is 10.1 Å². The molecule has 3 N–H and O–H groups in total. The number of aliphatic hydroxyl groups is 3. The second kappa shape index (κ2) is 6.79. The zero-order valence-corrected chi connectivity index (χ0v) is 11.1. The van der Waals surface area contributed by atoms with Crippen LogP contribution >= 0.6 is 15.9 Å². The van der Waals surface area contributed by atoms with Crippen molar-refractivity contribution in [2.24, 2.45) is 0 Å². The van der Waals surface area contributed by atoms with Crippen molar-refractivity contribution >= 4 is 21.6 Å². The summed E-state index contributed by atoms with van der Waals surface area (Å²) in [6, 6.07) is 4.01. The van der Waals surface area contributed by atoms with Crippen molar-refractivity contribution in [2.45, 2.75) is 25.2 Å². The van der Waals surface area contributed by atoms with Gasteiger partial charge in [-0.15, -0.1) is 0 Å². The normalized spacial score (nSPS) is 14.2. The lowest BCUT2D eigenvalue weighted by atomic mass is 10.0. The number of hydrogen-bond donors (Lipinski definition) is 3. The van der Waals surface area contributed by atoms with E-state index in [-0.39, 0.29) is 16.8 Å². The highest BCUT2D eigenvalue weighted by molar-refractivity contribution is 9.09. The highest BCUT2D eigenvalue weighted by Gasteiger charge is 2.21. The van der Waals surface area contributed by atoms with Crippen molar-refractivity contribution in [3.05, 3.63) is 39.4 Å². The molecule has 0 aliphatic heterocycles. The Balaban J connectivity index is 3.04. The molecule has 0 spiro atoms. The van der Waals surface area contributed by atoms with E-state index in [1.165, 1.54) is 18.2 Å². The molecule has 0 bridgehead atoms. The molecule has 0 aliphatic rings. The summed E-state index contributed by atoms with van der Waals surface area (Å²) in [5.41, 5.74) is 0.165. The van der Waals surface area contributed by atoms with Gasteiger partial charge in [-0.25, -0.2) is 0 Å². The number of alkyl halides is 1. The fraction of sp³-hybridized carbons (Fsp3) is 0.455. The SMILES string of the molecule is O=[N+]([O-])c1cc(C(O)C(O)CCBr)ccc1CO. The third kappa shape index (κ3) is 3.49. The van der Waals surface area contributed by atoms with E-state index in [0.717, 1.165) is 0 Å². The predicted molar refractivity (Wildman–Crippen MR) is 68.4 cm³/mol. The molecule has 0 aliphatic carbocycles. The molecule has 6 nitrogen and oxygen atoms in total. The fourth-order valence-corrected chi connectivity index (χ4v) is 2.03. The molecule has 2 atom stereocenters. The summed E-state index contributed by atoms with van der Waals surface area (Å²) in [6.45, 7) is -0.448. The Kier molecular flexibility index (Phi) is 5.67. The Morgan fingerprint density at radius 3 is 2.56 bits per heavy atom. The molecule has 0 aromatic heterocycles. The van der Waals surface area contributed by atoms with Gasteiger partial charge in [-0.2, -0.15) is 0 Å². The quantitative estimate of drug-likeness (QED) is 0.416. The van der Waals surface area contributed by atoms with E-state index < -0.39 is 23.7 Å². The number of aliphatic hydroxyl groups excluding tert-OH is 3. The number of nitrogens with zero attached hydrogens (tertiary/aromatic N) is 1. The van der Waals surface area contributed by atoms with Gasteiger partial charge < -0.3 is 15.3 Å². The first-order chi connectivity index (χ1) is 8.51. The zero-order valence-electron chi connectivity index (χ0n) is 9.49. The van der Waals surface area contributed by atoms with E-state index >= 15 is 0 Å². The van der Waals surface area contributed by atoms with Crippen LogP contribution in [0.3, 0.4) is 0 Å². The first kappa shape index (κ1) is 15.0. The van der Waals surface area contributed by atoms with Gasteiger partial charge >= 0.3 is 0 Å². The Morgan fingerprint density at radius 1 is 1.39 bits per heavy atom. The molecule has 0 saturated carbocycles. The minimum absolute atomic E-state index is 0.172. The van der Waals surface area contributed by atoms with Gasteiger partial charge in [0.25, 0.3) is 5.69 Å². The van der Waals surface area contributed by atoms with Gasteiger partial charge in [0.2, 0.25) is 0 Å². The third-order valence-electron chi connectivity index (χ3n) is 2.59. The van der Waals surface area contributed by atoms with E-state index in [0.29, 0.717) is 11.8 Å². The number of benzene rings is 1. The standard InChI is InChI=1S/C11H14BrNO5/c12-4-3-10(15)11(16)7-1-2-8(6-14)9(5-7)13(17)18/h1-2,5,10-11,14-16H,3-4,6H2. The van der Waals surface area contributed by atoms with Crippen LogP contribution in [-0.2, 0) is 6.61 Å². The molecule has 100 valence electrons. The highest BCUT2D eigenvalue weighted by Crippen LogP contribution is 2.26. The summed E-state index contributed by atoms with van der Waals surface area (Å²) in [7, 11) is 0. The maximum Gasteiger partial charge on any atom is 0.275 e. The molecule has 0 saturated heterocycles. The number of nitro groups is 1. The maximum absolute atomic E-state index is 10.8. The van der Waals surface area contributed by atoms with Crippen LogP contribution in [0.15, 0.2) is 18.2 Å². The van der Waals surface area contributed by atoms with Gasteiger partial charge in [0.05, 0.1) is 23.2 Å². The number of nitro benzene ring substituents is 1. The number of rotatable bonds is 6. The Morgan fingerprint density at radius 2 is 2.06 bits per heavy atom. The van der Waals surface area contributed by atoms with Crippen molar-refractivity contribution in [2.75, 3.05) is 5.33 Å². The molecule has 0 heterocycles. The summed E-state index contributed by atoms with van der Waals surface area (Å²) in [6.07, 6.45) is -1.85. The van der Waals surface area contributed by atoms with Gasteiger partial charge in [-0.1, -0.05) is 22.0 Å². The minimum atomic E-state index is -1.19. The number of hydrogen-bond acceptors (Lipinski definition) is 5. The molecular formula is C11H14BrNO5. The van der Waals surface area contributed by atoms with E-state index in [2.05, 4.69) is 15.9 Å². The van der Waals surface area contributed by atoms with Crippen LogP contribution in [-0.4, -0.2) is 31.7 Å². The molecule has 0 fully saturated rings. The molecule has 18 heavy (non-hydrogen) atoms. The average Bonchev–Trinajstić information content (AvgIpc) is 2.37. The van der Waals surface area contributed by atoms with Crippen molar-refractivity contribution in [3.63, 3.8) is 0 Å². The Labute approximate surface area is 112 Å². The van der Waals surface area contributed by atoms with Crippen molar-refractivity contribution in [1.29, 1.82) is 0 Å². The molecule has 0 radical (unpaired) electrons. The third-order valence-corrected chi connectivity index (χ3v) is 3.05. The van der Waals surface area contributed by atoms with Crippen LogP contribution in [0.4, 0.5) is 5.69 Å². The van der Waals surface area contributed by atoms with Gasteiger partial charge in [0.1, 0.15) is 6.10 Å². The summed E-state index contributed by atoms with van der Waals surface area (Å²) in [4.78, 5) is 10.2. The smallest absolute Gasteiger partial charge is 0.275 e. The lowest BCUT2D eigenvalue weighted by Crippen LogP contribution is -2.18. The van der Waals surface area contributed by atoms with E-state index in [1.54, 1.807) is 0 Å². The van der Waals surface area contributed by atoms with E-state index in [4.69, 9.17) is 5.11 Å². The first-order valence-electron chi connectivity index (χ1n) is 5.31. The molecule has 1 aromatic carbocycles. The topological polar surface area (TPSA) is 104 Å². The van der Waals surface area contributed by atoms with Gasteiger partial charge in [0.15, 0.2) is 0 Å². The van der Waals surface area contributed by atoms with E-state index in [9.17, 15) is 20.3 Å². The van der Waals surface area contributed by atoms with Gasteiger partial charge in [-0.05, 0) is 18.1 Å². The lowest BCUT2D eigenvalue weighted by molar-refractivity contribution is -0.386.